The first kappa shape index (κ1) is 12.3. The Morgan fingerprint density at radius 1 is 1.47 bits per heavy atom. The Bertz CT molecular complexity index is 373. The van der Waals surface area contributed by atoms with Crippen LogP contribution < -0.4 is 5.73 Å². The summed E-state index contributed by atoms with van der Waals surface area (Å²) in [5, 5.41) is 10.6. The van der Waals surface area contributed by atoms with Gasteiger partial charge in [-0.3, -0.25) is 4.98 Å². The van der Waals surface area contributed by atoms with Gasteiger partial charge in [0, 0.05) is 37.6 Å². The number of piperidine rings is 1. The molecule has 17 heavy (non-hydrogen) atoms. The Hall–Kier alpha value is -1.13. The van der Waals surface area contributed by atoms with Gasteiger partial charge in [0.1, 0.15) is 0 Å². The zero-order chi connectivity index (χ0) is 12.3. The minimum absolute atomic E-state index is 0.608. The summed E-state index contributed by atoms with van der Waals surface area (Å²) in [7, 11) is 0. The van der Waals surface area contributed by atoms with Crippen molar-refractivity contribution < 1.29 is 5.11 Å². The molecule has 0 radical (unpaired) electrons. The molecule has 1 saturated heterocycles. The molecule has 3 N–H and O–H groups in total. The first-order chi connectivity index (χ1) is 8.13. The van der Waals surface area contributed by atoms with E-state index in [0.29, 0.717) is 6.42 Å². The fourth-order valence-electron chi connectivity index (χ4n) is 2.40. The van der Waals surface area contributed by atoms with Crippen LogP contribution in [0.2, 0.25) is 0 Å². The van der Waals surface area contributed by atoms with Crippen LogP contribution in [0, 0.1) is 0 Å². The molecule has 1 aliphatic rings. The molecule has 0 bridgehead atoms. The number of rotatable bonds is 3. The number of nitrogens with zero attached hydrogens (tertiary/aromatic N) is 2. The monoisotopic (exact) mass is 235 g/mol. The third-order valence-electron chi connectivity index (χ3n) is 3.69. The second kappa shape index (κ2) is 5.02. The average molecular weight is 235 g/mol. The molecule has 2 heterocycles. The predicted octanol–water partition coefficient (Wildman–Crippen LogP) is 1.05. The van der Waals surface area contributed by atoms with Gasteiger partial charge in [-0.2, -0.15) is 0 Å². The predicted molar refractivity (Wildman–Crippen MR) is 68.7 cm³/mol. The number of nitrogen functional groups attached to an aromatic ring is 1. The largest absolute Gasteiger partial charge is 0.398 e. The third-order valence-corrected chi connectivity index (χ3v) is 3.69. The van der Waals surface area contributed by atoms with Crippen LogP contribution >= 0.6 is 0 Å². The lowest BCUT2D eigenvalue weighted by Gasteiger charge is -2.38. The highest BCUT2D eigenvalue weighted by Gasteiger charge is 2.32. The van der Waals surface area contributed by atoms with E-state index in [1.807, 2.05) is 0 Å². The number of aromatic nitrogens is 1. The topological polar surface area (TPSA) is 62.4 Å². The van der Waals surface area contributed by atoms with E-state index >= 15 is 0 Å². The Balaban J connectivity index is 2.01. The number of hydrogen-bond acceptors (Lipinski definition) is 4. The van der Waals surface area contributed by atoms with Gasteiger partial charge in [0.15, 0.2) is 0 Å². The number of hydrogen-bond donors (Lipinski definition) is 2. The van der Waals surface area contributed by atoms with Crippen molar-refractivity contribution in [2.24, 2.45) is 0 Å². The Morgan fingerprint density at radius 3 is 2.76 bits per heavy atom. The minimum atomic E-state index is -0.608. The zero-order valence-corrected chi connectivity index (χ0v) is 10.4. The van der Waals surface area contributed by atoms with Gasteiger partial charge >= 0.3 is 0 Å². The van der Waals surface area contributed by atoms with Gasteiger partial charge in [0.05, 0.1) is 5.60 Å². The van der Waals surface area contributed by atoms with E-state index in [2.05, 4.69) is 16.8 Å². The van der Waals surface area contributed by atoms with E-state index in [1.54, 1.807) is 18.5 Å². The summed E-state index contributed by atoms with van der Waals surface area (Å²) in [5.41, 5.74) is 6.97. The van der Waals surface area contributed by atoms with Crippen molar-refractivity contribution >= 4 is 5.69 Å². The lowest BCUT2D eigenvalue weighted by Crippen LogP contribution is -2.45. The normalized spacial score (nSPS) is 20.4. The molecule has 1 aliphatic heterocycles. The maximum atomic E-state index is 10.6. The number of nitrogens with two attached hydrogens (primary N) is 1. The number of likely N-dealkylation sites (tertiary alicyclic amines) is 1. The van der Waals surface area contributed by atoms with Crippen LogP contribution in [0.15, 0.2) is 18.5 Å². The van der Waals surface area contributed by atoms with Gasteiger partial charge in [-0.15, -0.1) is 0 Å². The van der Waals surface area contributed by atoms with Gasteiger partial charge in [0.2, 0.25) is 0 Å². The molecule has 0 saturated carbocycles. The number of pyridine rings is 1. The molecule has 0 unspecified atom stereocenters. The standard InChI is InChI=1S/C13H21N3O/c1-2-16-7-4-13(17,5-8-16)9-11-10-15-6-3-12(11)14/h3,6,10,17H,2,4-5,7-9H2,1H3,(H2,14,15). The molecule has 0 amide bonds. The summed E-state index contributed by atoms with van der Waals surface area (Å²) < 4.78 is 0. The van der Waals surface area contributed by atoms with E-state index in [0.717, 1.165) is 43.7 Å². The Kier molecular flexibility index (Phi) is 3.64. The maximum Gasteiger partial charge on any atom is 0.0713 e. The second-order valence-corrected chi connectivity index (χ2v) is 4.91. The van der Waals surface area contributed by atoms with Crippen LogP contribution in [0.25, 0.3) is 0 Å². The highest BCUT2D eigenvalue weighted by molar-refractivity contribution is 5.45. The van der Waals surface area contributed by atoms with Crippen LogP contribution in [0.5, 0.6) is 0 Å². The Labute approximate surface area is 102 Å². The lowest BCUT2D eigenvalue weighted by molar-refractivity contribution is -0.0193. The summed E-state index contributed by atoms with van der Waals surface area (Å²) in [6, 6.07) is 1.79. The Morgan fingerprint density at radius 2 is 2.18 bits per heavy atom. The van der Waals surface area contributed by atoms with Crippen molar-refractivity contribution in [1.29, 1.82) is 0 Å². The third kappa shape index (κ3) is 2.96. The van der Waals surface area contributed by atoms with Crippen LogP contribution in [0.4, 0.5) is 5.69 Å². The molecule has 0 atom stereocenters. The van der Waals surface area contributed by atoms with Gasteiger partial charge in [-0.25, -0.2) is 0 Å². The molecule has 4 heteroatoms. The lowest BCUT2D eigenvalue weighted by atomic mass is 9.85. The molecular weight excluding hydrogens is 214 g/mol. The molecule has 94 valence electrons. The fraction of sp³-hybridized carbons (Fsp3) is 0.615. The summed E-state index contributed by atoms with van der Waals surface area (Å²) in [6.07, 6.45) is 5.69. The molecule has 1 aromatic heterocycles. The van der Waals surface area contributed by atoms with Crippen LogP contribution in [-0.2, 0) is 6.42 Å². The van der Waals surface area contributed by atoms with Crippen LogP contribution in [0.1, 0.15) is 25.3 Å². The van der Waals surface area contributed by atoms with Crippen LogP contribution in [-0.4, -0.2) is 40.2 Å². The zero-order valence-electron chi connectivity index (χ0n) is 10.4. The highest BCUT2D eigenvalue weighted by atomic mass is 16.3. The molecule has 2 rings (SSSR count). The van der Waals surface area contributed by atoms with E-state index in [1.165, 1.54) is 0 Å². The van der Waals surface area contributed by atoms with Gasteiger partial charge in [-0.1, -0.05) is 6.92 Å². The summed E-state index contributed by atoms with van der Waals surface area (Å²) in [5.74, 6) is 0. The highest BCUT2D eigenvalue weighted by Crippen LogP contribution is 2.27. The summed E-state index contributed by atoms with van der Waals surface area (Å²) in [4.78, 5) is 6.43. The molecule has 0 aliphatic carbocycles. The summed E-state index contributed by atoms with van der Waals surface area (Å²) >= 11 is 0. The molecule has 0 aromatic carbocycles. The molecule has 0 spiro atoms. The molecule has 1 fully saturated rings. The first-order valence-electron chi connectivity index (χ1n) is 6.26. The first-order valence-corrected chi connectivity index (χ1v) is 6.26. The SMILES string of the molecule is CCN1CCC(O)(Cc2cnccc2N)CC1. The van der Waals surface area contributed by atoms with Crippen molar-refractivity contribution in [3.63, 3.8) is 0 Å². The number of aliphatic hydroxyl groups is 1. The van der Waals surface area contributed by atoms with E-state index in [9.17, 15) is 5.11 Å². The quantitative estimate of drug-likeness (QED) is 0.822. The van der Waals surface area contributed by atoms with Crippen LogP contribution in [0.3, 0.4) is 0 Å². The van der Waals surface area contributed by atoms with Crippen molar-refractivity contribution in [3.8, 4) is 0 Å². The van der Waals surface area contributed by atoms with Crippen molar-refractivity contribution in [2.75, 3.05) is 25.4 Å². The van der Waals surface area contributed by atoms with Crippen molar-refractivity contribution in [3.05, 3.63) is 24.0 Å². The van der Waals surface area contributed by atoms with Crippen molar-refractivity contribution in [1.82, 2.24) is 9.88 Å². The van der Waals surface area contributed by atoms with Gasteiger partial charge in [0.25, 0.3) is 0 Å². The van der Waals surface area contributed by atoms with E-state index in [4.69, 9.17) is 5.73 Å². The van der Waals surface area contributed by atoms with Gasteiger partial charge in [-0.05, 0) is 31.0 Å². The second-order valence-electron chi connectivity index (χ2n) is 4.91. The minimum Gasteiger partial charge on any atom is -0.398 e. The average Bonchev–Trinajstić information content (AvgIpc) is 2.33. The van der Waals surface area contributed by atoms with Crippen molar-refractivity contribution in [2.45, 2.75) is 31.8 Å². The van der Waals surface area contributed by atoms with E-state index < -0.39 is 5.60 Å². The molecule has 1 aromatic rings. The fourth-order valence-corrected chi connectivity index (χ4v) is 2.40. The molecule has 4 nitrogen and oxygen atoms in total. The van der Waals surface area contributed by atoms with E-state index in [-0.39, 0.29) is 0 Å². The molecular formula is C13H21N3O. The summed E-state index contributed by atoms with van der Waals surface area (Å²) in [6.45, 7) is 5.15. The smallest absolute Gasteiger partial charge is 0.0713 e. The maximum absolute atomic E-state index is 10.6. The number of anilines is 1. The van der Waals surface area contributed by atoms with Gasteiger partial charge < -0.3 is 15.7 Å².